The van der Waals surface area contributed by atoms with Crippen molar-refractivity contribution in [2.24, 2.45) is 5.92 Å². The van der Waals surface area contributed by atoms with Gasteiger partial charge < -0.3 is 5.32 Å². The minimum Gasteiger partial charge on any atom is -0.315 e. The highest BCUT2D eigenvalue weighted by molar-refractivity contribution is 7.91. The van der Waals surface area contributed by atoms with Crippen molar-refractivity contribution in [3.05, 3.63) is 0 Å². The van der Waals surface area contributed by atoms with Gasteiger partial charge in [0.25, 0.3) is 0 Å². The number of hydrogen-bond donors (Lipinski definition) is 1. The molecule has 0 aromatic heterocycles. The van der Waals surface area contributed by atoms with Crippen molar-refractivity contribution in [3.63, 3.8) is 0 Å². The highest BCUT2D eigenvalue weighted by Crippen LogP contribution is 2.33. The van der Waals surface area contributed by atoms with Gasteiger partial charge in [-0.15, -0.1) is 0 Å². The molecule has 1 heterocycles. The van der Waals surface area contributed by atoms with Gasteiger partial charge >= 0.3 is 6.18 Å². The highest BCUT2D eigenvalue weighted by atomic mass is 32.2. The Kier molecular flexibility index (Phi) is 2.59. The second-order valence-electron chi connectivity index (χ2n) is 3.17. The van der Waals surface area contributed by atoms with Crippen LogP contribution in [0.5, 0.6) is 0 Å². The molecular formula is C6H10F3NO2S. The zero-order valence-corrected chi connectivity index (χ0v) is 7.74. The Hall–Kier alpha value is -0.300. The fraction of sp³-hybridized carbons (Fsp3) is 1.00. The van der Waals surface area contributed by atoms with Crippen LogP contribution in [0, 0.1) is 5.92 Å². The van der Waals surface area contributed by atoms with Crippen LogP contribution in [0.3, 0.4) is 0 Å². The van der Waals surface area contributed by atoms with Gasteiger partial charge in [-0.1, -0.05) is 0 Å². The van der Waals surface area contributed by atoms with E-state index in [-0.39, 0.29) is 13.1 Å². The summed E-state index contributed by atoms with van der Waals surface area (Å²) < 4.78 is 58.6. The summed E-state index contributed by atoms with van der Waals surface area (Å²) in [5.74, 6) is -1.76. The molecule has 0 bridgehead atoms. The van der Waals surface area contributed by atoms with E-state index >= 15 is 0 Å². The Morgan fingerprint density at radius 2 is 1.85 bits per heavy atom. The first-order valence-corrected chi connectivity index (χ1v) is 5.64. The zero-order chi connectivity index (χ0) is 10.3. The quantitative estimate of drug-likeness (QED) is 0.681. The summed E-state index contributed by atoms with van der Waals surface area (Å²) in [5, 5.41) is 1.11. The Bertz CT molecular complexity index is 285. The minimum atomic E-state index is -4.43. The van der Waals surface area contributed by atoms with Crippen LogP contribution in [0.1, 0.15) is 0 Å². The summed E-state index contributed by atoms with van der Waals surface area (Å²) >= 11 is 0. The van der Waals surface area contributed by atoms with Crippen LogP contribution in [0.2, 0.25) is 0 Å². The summed E-state index contributed by atoms with van der Waals surface area (Å²) in [6.07, 6.45) is -3.60. The maximum Gasteiger partial charge on any atom is 0.394 e. The van der Waals surface area contributed by atoms with E-state index in [2.05, 4.69) is 5.32 Å². The second kappa shape index (κ2) is 3.13. The molecule has 2 atom stereocenters. The van der Waals surface area contributed by atoms with E-state index in [9.17, 15) is 21.6 Å². The predicted octanol–water partition coefficient (Wildman–Crippen LogP) is 0.181. The van der Waals surface area contributed by atoms with Gasteiger partial charge in [0.1, 0.15) is 0 Å². The van der Waals surface area contributed by atoms with E-state index in [0.717, 1.165) is 6.26 Å². The van der Waals surface area contributed by atoms with Gasteiger partial charge in [-0.05, 0) is 0 Å². The van der Waals surface area contributed by atoms with Gasteiger partial charge in [-0.2, -0.15) is 13.2 Å². The largest absolute Gasteiger partial charge is 0.394 e. The van der Waals surface area contributed by atoms with Crippen LogP contribution in [0.25, 0.3) is 0 Å². The summed E-state index contributed by atoms with van der Waals surface area (Å²) in [5.41, 5.74) is 0. The molecule has 0 radical (unpaired) electrons. The van der Waals surface area contributed by atoms with E-state index in [0.29, 0.717) is 0 Å². The number of sulfone groups is 1. The summed E-state index contributed by atoms with van der Waals surface area (Å²) in [7, 11) is -3.62. The molecule has 0 aromatic rings. The minimum absolute atomic E-state index is 0.108. The van der Waals surface area contributed by atoms with Gasteiger partial charge in [-0.3, -0.25) is 0 Å². The first-order chi connectivity index (χ1) is 5.73. The first kappa shape index (κ1) is 10.8. The molecule has 0 aromatic carbocycles. The first-order valence-electron chi connectivity index (χ1n) is 3.69. The third-order valence-electron chi connectivity index (χ3n) is 2.13. The van der Waals surface area contributed by atoms with Gasteiger partial charge in [0, 0.05) is 19.3 Å². The molecule has 0 amide bonds. The lowest BCUT2D eigenvalue weighted by Crippen LogP contribution is -2.37. The lowest BCUT2D eigenvalue weighted by atomic mass is 10.1. The molecule has 3 nitrogen and oxygen atoms in total. The van der Waals surface area contributed by atoms with Crippen LogP contribution in [0.4, 0.5) is 13.2 Å². The third-order valence-corrected chi connectivity index (χ3v) is 3.72. The zero-order valence-electron chi connectivity index (χ0n) is 6.93. The van der Waals surface area contributed by atoms with Crippen molar-refractivity contribution in [3.8, 4) is 0 Å². The van der Waals surface area contributed by atoms with Gasteiger partial charge in [0.05, 0.1) is 11.2 Å². The van der Waals surface area contributed by atoms with Crippen molar-refractivity contribution < 1.29 is 21.6 Å². The van der Waals surface area contributed by atoms with Crippen LogP contribution in [0.15, 0.2) is 0 Å². The molecule has 1 fully saturated rings. The Labute approximate surface area is 74.2 Å². The van der Waals surface area contributed by atoms with Crippen LogP contribution in [-0.4, -0.2) is 39.2 Å². The molecule has 0 unspecified atom stereocenters. The van der Waals surface area contributed by atoms with Crippen LogP contribution >= 0.6 is 0 Å². The third kappa shape index (κ3) is 2.34. The Morgan fingerprint density at radius 1 is 1.31 bits per heavy atom. The number of hydrogen-bond acceptors (Lipinski definition) is 3. The van der Waals surface area contributed by atoms with Crippen molar-refractivity contribution in [2.45, 2.75) is 11.4 Å². The summed E-state index contributed by atoms with van der Waals surface area (Å²) in [6.45, 7) is -0.412. The SMILES string of the molecule is CS(=O)(=O)[C@H]1CNC[C@H]1C(F)(F)F. The van der Waals surface area contributed by atoms with Crippen molar-refractivity contribution in [1.82, 2.24) is 5.32 Å². The fourth-order valence-electron chi connectivity index (χ4n) is 1.43. The standard InChI is InChI=1S/C6H10F3NO2S/c1-13(11,12)5-3-10-2-4(5)6(7,8)9/h4-5,10H,2-3H2,1H3/t4-,5+/m1/s1. The molecule has 0 aliphatic carbocycles. The lowest BCUT2D eigenvalue weighted by Gasteiger charge is -2.19. The van der Waals surface area contributed by atoms with E-state index in [1.807, 2.05) is 0 Å². The highest BCUT2D eigenvalue weighted by Gasteiger charge is 2.50. The van der Waals surface area contributed by atoms with Crippen molar-refractivity contribution >= 4 is 9.84 Å². The molecule has 0 saturated carbocycles. The molecular weight excluding hydrogens is 207 g/mol. The van der Waals surface area contributed by atoms with Gasteiger partial charge in [-0.25, -0.2) is 8.42 Å². The summed E-state index contributed by atoms with van der Waals surface area (Å²) in [6, 6.07) is 0. The molecule has 1 aliphatic heterocycles. The lowest BCUT2D eigenvalue weighted by molar-refractivity contribution is -0.167. The topological polar surface area (TPSA) is 46.2 Å². The average Bonchev–Trinajstić information content (AvgIpc) is 2.27. The van der Waals surface area contributed by atoms with E-state index in [4.69, 9.17) is 0 Å². The van der Waals surface area contributed by atoms with Crippen molar-refractivity contribution in [2.75, 3.05) is 19.3 Å². The second-order valence-corrected chi connectivity index (χ2v) is 5.44. The number of rotatable bonds is 1. The van der Waals surface area contributed by atoms with Gasteiger partial charge in [0.15, 0.2) is 9.84 Å². The van der Waals surface area contributed by atoms with E-state index in [1.165, 1.54) is 0 Å². The van der Waals surface area contributed by atoms with Crippen LogP contribution < -0.4 is 5.32 Å². The molecule has 1 rings (SSSR count). The van der Waals surface area contributed by atoms with E-state index in [1.54, 1.807) is 0 Å². The Morgan fingerprint density at radius 3 is 2.15 bits per heavy atom. The average molecular weight is 217 g/mol. The molecule has 7 heteroatoms. The normalized spacial score (nSPS) is 30.8. The molecule has 1 N–H and O–H groups in total. The molecule has 0 spiro atoms. The number of alkyl halides is 3. The van der Waals surface area contributed by atoms with Crippen molar-refractivity contribution in [1.29, 1.82) is 0 Å². The maximum absolute atomic E-state index is 12.2. The number of halogens is 3. The summed E-state index contributed by atoms with van der Waals surface area (Å²) in [4.78, 5) is 0. The molecule has 13 heavy (non-hydrogen) atoms. The molecule has 78 valence electrons. The van der Waals surface area contributed by atoms with Gasteiger partial charge in [0.2, 0.25) is 0 Å². The number of nitrogens with one attached hydrogen (secondary N) is 1. The molecule has 1 aliphatic rings. The predicted molar refractivity (Wildman–Crippen MR) is 41.0 cm³/mol. The smallest absolute Gasteiger partial charge is 0.315 e. The van der Waals surface area contributed by atoms with E-state index < -0.39 is 27.2 Å². The fourth-order valence-corrected chi connectivity index (χ4v) is 2.70. The monoisotopic (exact) mass is 217 g/mol. The molecule has 1 saturated heterocycles. The van der Waals surface area contributed by atoms with Crippen LogP contribution in [-0.2, 0) is 9.84 Å². The Balaban J connectivity index is 2.89. The maximum atomic E-state index is 12.2.